The van der Waals surface area contributed by atoms with Gasteiger partial charge in [-0.25, -0.2) is 4.68 Å². The lowest BCUT2D eigenvalue weighted by Gasteiger charge is -2.27. The molecule has 3 heterocycles. The van der Waals surface area contributed by atoms with Gasteiger partial charge in [0, 0.05) is 24.5 Å². The Morgan fingerprint density at radius 3 is 2.85 bits per heavy atom. The summed E-state index contributed by atoms with van der Waals surface area (Å²) in [6.45, 7) is 1.85. The van der Waals surface area contributed by atoms with Gasteiger partial charge in [-0.15, -0.1) is 0 Å². The number of hydrogen-bond donors (Lipinski definition) is 2. The van der Waals surface area contributed by atoms with E-state index in [0.717, 1.165) is 5.56 Å². The van der Waals surface area contributed by atoms with Crippen molar-refractivity contribution < 1.29 is 9.53 Å². The first-order chi connectivity index (χ1) is 13.1. The molecule has 9 heteroatoms. The Kier molecular flexibility index (Phi) is 4.11. The number of fused-ring (bicyclic) bond motifs is 1. The molecule has 1 aromatic carbocycles. The molecule has 0 fully saturated rings. The molecule has 0 saturated carbocycles. The summed E-state index contributed by atoms with van der Waals surface area (Å²) in [5, 5.41) is 14.6. The average Bonchev–Trinajstić information content (AvgIpc) is 3.29. The lowest BCUT2D eigenvalue weighted by atomic mass is 9.97. The summed E-state index contributed by atoms with van der Waals surface area (Å²) >= 11 is 0. The zero-order valence-electron chi connectivity index (χ0n) is 15.2. The monoisotopic (exact) mass is 365 g/mol. The van der Waals surface area contributed by atoms with Crippen LogP contribution in [-0.4, -0.2) is 37.6 Å². The van der Waals surface area contributed by atoms with Gasteiger partial charge in [0.1, 0.15) is 18.1 Å². The van der Waals surface area contributed by atoms with Crippen LogP contribution in [0.5, 0.6) is 5.75 Å². The predicted molar refractivity (Wildman–Crippen MR) is 99.3 cm³/mol. The standard InChI is InChI=1S/C18H19N7O2/c1-11-15(17(26)23-13-6-4-5-7-14(13)27-3)16(12-8-20-24(2)9-12)25-18(22-11)19-10-21-25/h4-10,16H,1-3H3,(H,23,26)(H,19,21,22). The fourth-order valence-electron chi connectivity index (χ4n) is 3.21. The van der Waals surface area contributed by atoms with Gasteiger partial charge in [-0.2, -0.15) is 15.2 Å². The van der Waals surface area contributed by atoms with Crippen molar-refractivity contribution in [3.05, 3.63) is 59.8 Å². The third kappa shape index (κ3) is 2.92. The highest BCUT2D eigenvalue weighted by molar-refractivity contribution is 6.06. The Morgan fingerprint density at radius 2 is 2.11 bits per heavy atom. The van der Waals surface area contributed by atoms with E-state index in [2.05, 4.69) is 25.8 Å². The number of methoxy groups -OCH3 is 1. The Balaban J connectivity index is 1.75. The minimum absolute atomic E-state index is 0.250. The van der Waals surface area contributed by atoms with Crippen molar-refractivity contribution >= 4 is 17.5 Å². The van der Waals surface area contributed by atoms with Crippen LogP contribution in [0, 0.1) is 0 Å². The van der Waals surface area contributed by atoms with E-state index in [0.29, 0.717) is 28.7 Å². The molecule has 2 N–H and O–H groups in total. The number of anilines is 2. The number of nitrogens with one attached hydrogen (secondary N) is 2. The number of aryl methyl sites for hydroxylation is 1. The van der Waals surface area contributed by atoms with Crippen LogP contribution in [0.25, 0.3) is 0 Å². The minimum atomic E-state index is -0.438. The first kappa shape index (κ1) is 16.8. The van der Waals surface area contributed by atoms with Crippen molar-refractivity contribution in [1.29, 1.82) is 0 Å². The van der Waals surface area contributed by atoms with Crippen LogP contribution in [-0.2, 0) is 11.8 Å². The second kappa shape index (κ2) is 6.60. The maximum absolute atomic E-state index is 13.2. The SMILES string of the molecule is COc1ccccc1NC(=O)C1=C(C)Nc2ncnn2C1c1cnn(C)c1. The molecule has 9 nitrogen and oxygen atoms in total. The summed E-state index contributed by atoms with van der Waals surface area (Å²) < 4.78 is 8.71. The van der Waals surface area contributed by atoms with Gasteiger partial charge in [0.15, 0.2) is 0 Å². The molecule has 1 aliphatic heterocycles. The van der Waals surface area contributed by atoms with Gasteiger partial charge < -0.3 is 15.4 Å². The molecule has 4 rings (SSSR count). The van der Waals surface area contributed by atoms with Crippen molar-refractivity contribution in [3.8, 4) is 5.75 Å². The first-order valence-corrected chi connectivity index (χ1v) is 8.38. The minimum Gasteiger partial charge on any atom is -0.495 e. The molecule has 27 heavy (non-hydrogen) atoms. The highest BCUT2D eigenvalue weighted by Crippen LogP contribution is 2.35. The third-order valence-corrected chi connectivity index (χ3v) is 4.43. The van der Waals surface area contributed by atoms with Crippen molar-refractivity contribution in [3.63, 3.8) is 0 Å². The first-order valence-electron chi connectivity index (χ1n) is 8.38. The van der Waals surface area contributed by atoms with Crippen molar-refractivity contribution in [2.45, 2.75) is 13.0 Å². The molecule has 0 radical (unpaired) electrons. The zero-order chi connectivity index (χ0) is 19.0. The van der Waals surface area contributed by atoms with Crippen molar-refractivity contribution in [2.75, 3.05) is 17.7 Å². The number of carbonyl (C=O) groups is 1. The van der Waals surface area contributed by atoms with E-state index in [1.165, 1.54) is 6.33 Å². The van der Waals surface area contributed by atoms with Crippen molar-refractivity contribution in [2.24, 2.45) is 7.05 Å². The summed E-state index contributed by atoms with van der Waals surface area (Å²) in [7, 11) is 3.40. The molecule has 2 aromatic heterocycles. The molecule has 1 atom stereocenters. The molecule has 1 aliphatic rings. The van der Waals surface area contributed by atoms with E-state index in [9.17, 15) is 4.79 Å². The van der Waals surface area contributed by atoms with Crippen LogP contribution in [0.15, 0.2) is 54.3 Å². The Hall–Kier alpha value is -3.62. The summed E-state index contributed by atoms with van der Waals surface area (Å²) in [6, 6.07) is 6.84. The molecule has 0 aliphatic carbocycles. The van der Waals surface area contributed by atoms with E-state index in [1.54, 1.807) is 34.8 Å². The lowest BCUT2D eigenvalue weighted by molar-refractivity contribution is -0.113. The third-order valence-electron chi connectivity index (χ3n) is 4.43. The van der Waals surface area contributed by atoms with Crippen LogP contribution < -0.4 is 15.4 Å². The number of aromatic nitrogens is 5. The number of para-hydroxylation sites is 2. The number of amides is 1. The molecule has 1 unspecified atom stereocenters. The number of ether oxygens (including phenoxy) is 1. The molecule has 0 saturated heterocycles. The van der Waals surface area contributed by atoms with Crippen molar-refractivity contribution in [1.82, 2.24) is 24.5 Å². The van der Waals surface area contributed by atoms with Crippen LogP contribution >= 0.6 is 0 Å². The molecule has 138 valence electrons. The second-order valence-electron chi connectivity index (χ2n) is 6.20. The number of carbonyl (C=O) groups excluding carboxylic acids is 1. The fourth-order valence-corrected chi connectivity index (χ4v) is 3.21. The number of allylic oxidation sites excluding steroid dienone is 1. The molecule has 3 aromatic rings. The lowest BCUT2D eigenvalue weighted by Crippen LogP contribution is -2.31. The van der Waals surface area contributed by atoms with Crippen LogP contribution in [0.3, 0.4) is 0 Å². The van der Waals surface area contributed by atoms with E-state index in [-0.39, 0.29) is 5.91 Å². The van der Waals surface area contributed by atoms with E-state index in [1.807, 2.05) is 32.3 Å². The number of rotatable bonds is 4. The zero-order valence-corrected chi connectivity index (χ0v) is 15.2. The fraction of sp³-hybridized carbons (Fsp3) is 0.222. The quantitative estimate of drug-likeness (QED) is 0.733. The van der Waals surface area contributed by atoms with Crippen LogP contribution in [0.4, 0.5) is 11.6 Å². The van der Waals surface area contributed by atoms with Crippen LogP contribution in [0.2, 0.25) is 0 Å². The highest BCUT2D eigenvalue weighted by atomic mass is 16.5. The van der Waals surface area contributed by atoms with E-state index < -0.39 is 6.04 Å². The van der Waals surface area contributed by atoms with Gasteiger partial charge in [0.2, 0.25) is 5.95 Å². The average molecular weight is 365 g/mol. The maximum atomic E-state index is 13.2. The topological polar surface area (TPSA) is 98.9 Å². The smallest absolute Gasteiger partial charge is 0.255 e. The second-order valence-corrected chi connectivity index (χ2v) is 6.20. The summed E-state index contributed by atoms with van der Waals surface area (Å²) in [5.74, 6) is 0.918. The van der Waals surface area contributed by atoms with Gasteiger partial charge in [-0.3, -0.25) is 9.48 Å². The molecular weight excluding hydrogens is 346 g/mol. The normalized spacial score (nSPS) is 15.9. The molecule has 1 amide bonds. The summed E-state index contributed by atoms with van der Waals surface area (Å²) in [5.41, 5.74) is 2.68. The molecule has 0 spiro atoms. The van der Waals surface area contributed by atoms with E-state index >= 15 is 0 Å². The Labute approximate surface area is 155 Å². The predicted octanol–water partition coefficient (Wildman–Crippen LogP) is 1.95. The Morgan fingerprint density at radius 1 is 1.30 bits per heavy atom. The number of hydrogen-bond acceptors (Lipinski definition) is 6. The number of benzene rings is 1. The van der Waals surface area contributed by atoms with Gasteiger partial charge in [0.25, 0.3) is 5.91 Å². The van der Waals surface area contributed by atoms with Gasteiger partial charge in [-0.1, -0.05) is 12.1 Å². The number of nitrogens with zero attached hydrogens (tertiary/aromatic N) is 5. The molecular formula is C18H19N7O2. The molecule has 0 bridgehead atoms. The Bertz CT molecular complexity index is 1030. The summed E-state index contributed by atoms with van der Waals surface area (Å²) in [6.07, 6.45) is 5.05. The highest BCUT2D eigenvalue weighted by Gasteiger charge is 2.34. The summed E-state index contributed by atoms with van der Waals surface area (Å²) in [4.78, 5) is 17.4. The van der Waals surface area contributed by atoms with Gasteiger partial charge in [0.05, 0.1) is 24.6 Å². The van der Waals surface area contributed by atoms with Gasteiger partial charge >= 0.3 is 0 Å². The van der Waals surface area contributed by atoms with Crippen LogP contribution in [0.1, 0.15) is 18.5 Å². The maximum Gasteiger partial charge on any atom is 0.255 e. The van der Waals surface area contributed by atoms with E-state index in [4.69, 9.17) is 4.74 Å². The van der Waals surface area contributed by atoms with Gasteiger partial charge in [-0.05, 0) is 19.1 Å². The largest absolute Gasteiger partial charge is 0.495 e.